The van der Waals surface area contributed by atoms with E-state index in [1.54, 1.807) is 12.3 Å². The van der Waals surface area contributed by atoms with E-state index in [4.69, 9.17) is 11.6 Å². The van der Waals surface area contributed by atoms with Crippen LogP contribution in [-0.4, -0.2) is 11.7 Å². The van der Waals surface area contributed by atoms with E-state index in [0.717, 1.165) is 6.67 Å². The summed E-state index contributed by atoms with van der Waals surface area (Å²) < 4.78 is 0. The van der Waals surface area contributed by atoms with Gasteiger partial charge in [-0.25, -0.2) is 4.98 Å². The minimum atomic E-state index is 0. The Bertz CT molecular complexity index is 1040. The van der Waals surface area contributed by atoms with Crippen LogP contribution in [0.4, 0.5) is 11.4 Å². The van der Waals surface area contributed by atoms with E-state index in [2.05, 4.69) is 119 Å². The Kier molecular flexibility index (Phi) is 16.6. The first-order chi connectivity index (χ1) is 17.1. The predicted molar refractivity (Wildman–Crippen MR) is 157 cm³/mol. The molecular formula is C32H42Cl3N3Pd. The fraction of sp³-hybridized carbons (Fsp3) is 0.406. The number of nitrogens with zero attached hydrogens (tertiary/aromatic N) is 3. The number of halogens is 3. The van der Waals surface area contributed by atoms with Gasteiger partial charge in [0, 0.05) is 30.0 Å². The molecule has 39 heavy (non-hydrogen) atoms. The molecule has 0 amide bonds. The summed E-state index contributed by atoms with van der Waals surface area (Å²) in [5.41, 5.74) is 8.52. The Morgan fingerprint density at radius 1 is 0.590 bits per heavy atom. The van der Waals surface area contributed by atoms with Crippen molar-refractivity contribution < 1.29 is 45.2 Å². The van der Waals surface area contributed by atoms with E-state index < -0.39 is 0 Å². The third kappa shape index (κ3) is 9.52. The van der Waals surface area contributed by atoms with Crippen molar-refractivity contribution in [2.75, 3.05) is 16.5 Å². The van der Waals surface area contributed by atoms with E-state index in [9.17, 15) is 0 Å². The average Bonchev–Trinajstić information content (AvgIpc) is 3.33. The molecule has 0 aliphatic carbocycles. The smallest absolute Gasteiger partial charge is 1.00 e. The molecule has 0 fully saturated rings. The molecule has 4 rings (SSSR count). The number of hydrogen-bond donors (Lipinski definition) is 0. The van der Waals surface area contributed by atoms with E-state index in [1.165, 1.54) is 33.6 Å². The molecule has 0 saturated carbocycles. The summed E-state index contributed by atoms with van der Waals surface area (Å²) in [5, 5.41) is 0.544. The van der Waals surface area contributed by atoms with Crippen molar-refractivity contribution in [3.8, 4) is 0 Å². The van der Waals surface area contributed by atoms with Crippen LogP contribution in [0.25, 0.3) is 0 Å². The number of pyridine rings is 1. The summed E-state index contributed by atoms with van der Waals surface area (Å²) in [6.45, 7) is 19.2. The molecule has 0 N–H and O–H groups in total. The molecule has 0 unspecified atom stereocenters. The van der Waals surface area contributed by atoms with Crippen LogP contribution in [0.2, 0.25) is 5.15 Å². The summed E-state index contributed by atoms with van der Waals surface area (Å²) in [4.78, 5) is 8.65. The Morgan fingerprint density at radius 3 is 1.18 bits per heavy atom. The van der Waals surface area contributed by atoms with Gasteiger partial charge in [-0.15, -0.1) is 0 Å². The Balaban J connectivity index is 0.00000126. The van der Waals surface area contributed by atoms with Crippen molar-refractivity contribution >= 4 is 23.0 Å². The van der Waals surface area contributed by atoms with Gasteiger partial charge in [-0.05, 0) is 58.1 Å². The quantitative estimate of drug-likeness (QED) is 0.293. The molecule has 0 spiro atoms. The molecule has 1 aromatic heterocycles. The largest absolute Gasteiger partial charge is 2.00 e. The van der Waals surface area contributed by atoms with E-state index in [-0.39, 0.29) is 45.2 Å². The van der Waals surface area contributed by atoms with Gasteiger partial charge >= 0.3 is 20.4 Å². The van der Waals surface area contributed by atoms with Crippen LogP contribution in [0.5, 0.6) is 0 Å². The van der Waals surface area contributed by atoms with Gasteiger partial charge in [0.15, 0.2) is 0 Å². The molecule has 0 atom stereocenters. The first kappa shape index (κ1) is 37.5. The normalized spacial score (nSPS) is 12.2. The van der Waals surface area contributed by atoms with Crippen LogP contribution in [-0.2, 0) is 20.4 Å². The second-order valence-electron chi connectivity index (χ2n) is 10.7. The first-order valence-corrected chi connectivity index (χ1v) is 13.5. The maximum Gasteiger partial charge on any atom is 2.00 e. The zero-order valence-electron chi connectivity index (χ0n) is 24.2. The Labute approximate surface area is 267 Å². The summed E-state index contributed by atoms with van der Waals surface area (Å²) in [6, 6.07) is 19.0. The van der Waals surface area contributed by atoms with Gasteiger partial charge in [-0.2, -0.15) is 0 Å². The van der Waals surface area contributed by atoms with Crippen LogP contribution < -0.4 is 34.6 Å². The van der Waals surface area contributed by atoms with Crippen molar-refractivity contribution in [2.24, 2.45) is 0 Å². The Hall–Kier alpha value is -1.54. The minimum absolute atomic E-state index is 0. The molecule has 0 saturated heterocycles. The summed E-state index contributed by atoms with van der Waals surface area (Å²) in [5.74, 6) is 2.00. The monoisotopic (exact) mass is 679 g/mol. The van der Waals surface area contributed by atoms with Crippen molar-refractivity contribution in [1.82, 2.24) is 4.98 Å². The topological polar surface area (TPSA) is 19.4 Å². The molecule has 0 radical (unpaired) electrons. The number of aromatic nitrogens is 1. The third-order valence-electron chi connectivity index (χ3n) is 6.62. The molecule has 3 aromatic rings. The number of para-hydroxylation sites is 2. The second-order valence-corrected chi connectivity index (χ2v) is 11.1. The van der Waals surface area contributed by atoms with Crippen molar-refractivity contribution in [3.05, 3.63) is 101 Å². The van der Waals surface area contributed by atoms with Crippen molar-refractivity contribution in [2.45, 2.75) is 79.1 Å². The van der Waals surface area contributed by atoms with Crippen molar-refractivity contribution in [1.29, 1.82) is 0 Å². The van der Waals surface area contributed by atoms with Gasteiger partial charge in [0.25, 0.3) is 0 Å². The van der Waals surface area contributed by atoms with E-state index >= 15 is 0 Å². The molecule has 7 heteroatoms. The number of anilines is 2. The minimum Gasteiger partial charge on any atom is -1.00 e. The van der Waals surface area contributed by atoms with Gasteiger partial charge in [0.2, 0.25) is 0 Å². The summed E-state index contributed by atoms with van der Waals surface area (Å²) in [7, 11) is 0. The standard InChI is InChI=1S/C27H38N2.C5H4ClN.2ClH.Pd/c1-18(2)22-11-9-12-23(19(3)4)26(22)28-15-16-29(17-28)27-24(20(5)6)13-10-14-25(27)21(7)8;6-5-3-1-2-4-7-5;;;/h9-16,18-21H,17H2,1-8H3;1-4H;2*1H;/q;;;;+2/p-2. The Morgan fingerprint density at radius 2 is 0.949 bits per heavy atom. The van der Waals surface area contributed by atoms with Crippen LogP contribution in [0.3, 0.4) is 0 Å². The van der Waals surface area contributed by atoms with Gasteiger partial charge < -0.3 is 34.6 Å². The van der Waals surface area contributed by atoms with Crippen LogP contribution in [0, 0.1) is 0 Å². The SMILES string of the molecule is CC(C)c1cccc(C(C)C)c1N1C=CN(c2c(C(C)C)cccc2C(C)C)C1.Clc1ccccn1.[Cl-].[Cl-].[Pd+2]. The molecule has 3 nitrogen and oxygen atoms in total. The van der Waals surface area contributed by atoms with Crippen molar-refractivity contribution in [3.63, 3.8) is 0 Å². The predicted octanol–water partition coefficient (Wildman–Crippen LogP) is 3.68. The van der Waals surface area contributed by atoms with Gasteiger partial charge in [-0.1, -0.05) is 109 Å². The maximum absolute atomic E-state index is 5.43. The number of hydrogen-bond acceptors (Lipinski definition) is 3. The van der Waals surface area contributed by atoms with E-state index in [0.29, 0.717) is 28.8 Å². The van der Waals surface area contributed by atoms with Crippen LogP contribution in [0.15, 0.2) is 73.2 Å². The number of benzene rings is 2. The molecule has 2 heterocycles. The third-order valence-corrected chi connectivity index (χ3v) is 6.84. The fourth-order valence-corrected chi connectivity index (χ4v) is 4.87. The molecule has 1 aliphatic rings. The molecular weight excluding hydrogens is 639 g/mol. The van der Waals surface area contributed by atoms with Gasteiger partial charge in [-0.3, -0.25) is 0 Å². The van der Waals surface area contributed by atoms with Gasteiger partial charge in [0.05, 0.1) is 6.67 Å². The fourth-order valence-electron chi connectivity index (χ4n) is 4.74. The number of rotatable bonds is 6. The molecule has 2 aromatic carbocycles. The van der Waals surface area contributed by atoms with E-state index in [1.807, 2.05) is 12.1 Å². The van der Waals surface area contributed by atoms with Gasteiger partial charge in [0.1, 0.15) is 5.15 Å². The average molecular weight is 681 g/mol. The van der Waals surface area contributed by atoms with Crippen LogP contribution >= 0.6 is 11.6 Å². The van der Waals surface area contributed by atoms with Crippen LogP contribution in [0.1, 0.15) is 101 Å². The zero-order chi connectivity index (χ0) is 26.4. The molecule has 216 valence electrons. The first-order valence-electron chi connectivity index (χ1n) is 13.2. The second kappa shape index (κ2) is 17.3. The summed E-state index contributed by atoms with van der Waals surface area (Å²) in [6.07, 6.45) is 6.20. The maximum atomic E-state index is 5.43. The zero-order valence-corrected chi connectivity index (χ0v) is 28.1. The molecule has 0 bridgehead atoms. The molecule has 1 aliphatic heterocycles. The summed E-state index contributed by atoms with van der Waals surface area (Å²) >= 11 is 5.43.